The molecule has 5 nitrogen and oxygen atoms in total. The van der Waals surface area contributed by atoms with Crippen molar-refractivity contribution in [3.8, 4) is 11.5 Å². The van der Waals surface area contributed by atoms with Gasteiger partial charge in [-0.05, 0) is 98.3 Å². The summed E-state index contributed by atoms with van der Waals surface area (Å²) in [6.07, 6.45) is 7.53. The molecule has 1 aromatic rings. The first kappa shape index (κ1) is 22.7. The van der Waals surface area contributed by atoms with Crippen LogP contribution < -0.4 is 0 Å². The fourth-order valence-electron chi connectivity index (χ4n) is 10.0. The van der Waals surface area contributed by atoms with Crippen LogP contribution in [0.15, 0.2) is 6.07 Å². The highest BCUT2D eigenvalue weighted by Crippen LogP contribution is 2.81. The molecule has 5 heteroatoms. The maximum absolute atomic E-state index is 12.3. The zero-order valence-corrected chi connectivity index (χ0v) is 21.5. The molecule has 0 radical (unpaired) electrons. The van der Waals surface area contributed by atoms with Gasteiger partial charge < -0.3 is 20.1 Å². The highest BCUT2D eigenvalue weighted by atomic mass is 16.6. The van der Waals surface area contributed by atoms with E-state index in [9.17, 15) is 20.1 Å². The molecule has 3 saturated carbocycles. The van der Waals surface area contributed by atoms with Gasteiger partial charge in [-0.1, -0.05) is 27.7 Å². The lowest BCUT2D eigenvalue weighted by atomic mass is 9.32. The number of rotatable bonds is 1. The van der Waals surface area contributed by atoms with Gasteiger partial charge in [-0.15, -0.1) is 0 Å². The molecule has 8 atom stereocenters. The van der Waals surface area contributed by atoms with E-state index in [1.54, 1.807) is 6.07 Å². The molecule has 4 aliphatic carbocycles. The zero-order valence-electron chi connectivity index (χ0n) is 21.5. The van der Waals surface area contributed by atoms with Crippen LogP contribution in [0.5, 0.6) is 11.5 Å². The van der Waals surface area contributed by atoms with Crippen molar-refractivity contribution in [2.24, 2.45) is 27.6 Å². The van der Waals surface area contributed by atoms with Gasteiger partial charge >= 0.3 is 5.97 Å². The summed E-state index contributed by atoms with van der Waals surface area (Å²) < 4.78 is 6.86. The Balaban J connectivity index is 1.50. The lowest BCUT2D eigenvalue weighted by Crippen LogP contribution is -2.70. The minimum atomic E-state index is -0.659. The van der Waals surface area contributed by atoms with Crippen molar-refractivity contribution < 1.29 is 24.9 Å². The Morgan fingerprint density at radius 2 is 1.68 bits per heavy atom. The summed E-state index contributed by atoms with van der Waals surface area (Å²) in [7, 11) is 0. The van der Waals surface area contributed by atoms with Crippen molar-refractivity contribution in [2.75, 3.05) is 0 Å². The van der Waals surface area contributed by atoms with Crippen LogP contribution >= 0.6 is 0 Å². The SMILES string of the molecule is Cc1c(O)c(O)cc2c1CC1OC13[C@@]2(C)CC[C@@]1(C)C2C[C@](C)(C(=O)O)CC[C@]2(C)CC[C@]31C. The highest BCUT2D eigenvalue weighted by molar-refractivity contribution is 5.74. The molecule has 6 rings (SSSR count). The fourth-order valence-corrected chi connectivity index (χ4v) is 10.0. The number of carboxylic acid groups (broad SMARTS) is 1. The molecule has 4 fully saturated rings. The zero-order chi connectivity index (χ0) is 24.7. The molecule has 1 aliphatic heterocycles. The summed E-state index contributed by atoms with van der Waals surface area (Å²) in [5, 5.41) is 31.1. The van der Waals surface area contributed by atoms with Gasteiger partial charge in [0.1, 0.15) is 5.60 Å². The number of phenolic OH excluding ortho intramolecular Hbond substituents is 2. The molecule has 3 N–H and O–H groups in total. The van der Waals surface area contributed by atoms with Crippen LogP contribution in [0.25, 0.3) is 0 Å². The van der Waals surface area contributed by atoms with Crippen LogP contribution in [-0.4, -0.2) is 33.0 Å². The highest BCUT2D eigenvalue weighted by Gasteiger charge is 2.84. The number of hydrogen-bond donors (Lipinski definition) is 3. The minimum absolute atomic E-state index is 0.00838. The molecule has 5 aliphatic rings. The van der Waals surface area contributed by atoms with E-state index in [1.165, 1.54) is 0 Å². The van der Waals surface area contributed by atoms with Gasteiger partial charge in [0.15, 0.2) is 11.5 Å². The number of hydrogen-bond acceptors (Lipinski definition) is 4. The molecule has 1 spiro atoms. The molecule has 3 unspecified atom stereocenters. The summed E-state index contributed by atoms with van der Waals surface area (Å²) in [6, 6.07) is 1.80. The molecule has 1 saturated heterocycles. The number of phenols is 2. The van der Waals surface area contributed by atoms with Crippen LogP contribution in [0.3, 0.4) is 0 Å². The number of carboxylic acids is 1. The predicted molar refractivity (Wildman–Crippen MR) is 129 cm³/mol. The summed E-state index contributed by atoms with van der Waals surface area (Å²) in [5.74, 6) is -0.354. The Morgan fingerprint density at radius 1 is 1.00 bits per heavy atom. The molecule has 0 amide bonds. The number of benzene rings is 1. The number of aromatic hydroxyl groups is 2. The van der Waals surface area contributed by atoms with E-state index in [0.29, 0.717) is 5.92 Å². The number of aliphatic carboxylic acids is 1. The third-order valence-corrected chi connectivity index (χ3v) is 12.6. The van der Waals surface area contributed by atoms with Crippen LogP contribution in [0, 0.1) is 34.5 Å². The van der Waals surface area contributed by atoms with Crippen molar-refractivity contribution in [1.82, 2.24) is 0 Å². The third kappa shape index (κ3) is 2.21. The third-order valence-electron chi connectivity index (χ3n) is 12.6. The molecular weight excluding hydrogens is 428 g/mol. The first-order valence-electron chi connectivity index (χ1n) is 13.2. The second-order valence-corrected chi connectivity index (χ2v) is 13.8. The normalized spacial score (nSPS) is 50.8. The Hall–Kier alpha value is -1.75. The Labute approximate surface area is 202 Å². The summed E-state index contributed by atoms with van der Waals surface area (Å²) in [4.78, 5) is 12.3. The van der Waals surface area contributed by atoms with Crippen LogP contribution in [0.2, 0.25) is 0 Å². The Kier molecular flexibility index (Phi) is 4.10. The lowest BCUT2D eigenvalue weighted by Gasteiger charge is -2.71. The van der Waals surface area contributed by atoms with E-state index in [1.807, 2.05) is 13.8 Å². The van der Waals surface area contributed by atoms with Gasteiger partial charge in [-0.25, -0.2) is 0 Å². The second kappa shape index (κ2) is 6.14. The van der Waals surface area contributed by atoms with Crippen molar-refractivity contribution in [3.05, 3.63) is 22.8 Å². The Morgan fingerprint density at radius 3 is 2.35 bits per heavy atom. The molecular formula is C29H40O5. The topological polar surface area (TPSA) is 90.3 Å². The monoisotopic (exact) mass is 468 g/mol. The molecule has 0 aromatic heterocycles. The molecule has 34 heavy (non-hydrogen) atoms. The van der Waals surface area contributed by atoms with Gasteiger partial charge in [0, 0.05) is 17.3 Å². The van der Waals surface area contributed by atoms with Crippen molar-refractivity contribution in [3.63, 3.8) is 0 Å². The van der Waals surface area contributed by atoms with E-state index in [-0.39, 0.29) is 44.9 Å². The standard InChI is InChI=1S/C29H40O5/c1-16-17-13-21-29(34-21)26(4,18(17)14-19(30)22(16)31)10-11-27(5)20-15-25(3,23(32)33)8-7-24(20,2)9-12-28(27,29)6/h14,20-21,30-31H,7-13,15H2,1-6H3,(H,32,33)/t20?,21?,24-,25-,26+,27+,28+,29?/m1/s1. The lowest BCUT2D eigenvalue weighted by molar-refractivity contribution is -0.217. The van der Waals surface area contributed by atoms with Crippen LogP contribution in [-0.2, 0) is 21.4 Å². The predicted octanol–water partition coefficient (Wildman–Crippen LogP) is 5.86. The second-order valence-electron chi connectivity index (χ2n) is 13.8. The Bertz CT molecular complexity index is 1130. The number of ether oxygens (including phenoxy) is 1. The van der Waals surface area contributed by atoms with Gasteiger partial charge in [-0.3, -0.25) is 4.79 Å². The van der Waals surface area contributed by atoms with E-state index in [2.05, 4.69) is 27.7 Å². The fraction of sp³-hybridized carbons (Fsp3) is 0.759. The van der Waals surface area contributed by atoms with Crippen molar-refractivity contribution >= 4 is 5.97 Å². The van der Waals surface area contributed by atoms with Gasteiger partial charge in [0.25, 0.3) is 0 Å². The van der Waals surface area contributed by atoms with Crippen LogP contribution in [0.4, 0.5) is 0 Å². The first-order valence-corrected chi connectivity index (χ1v) is 13.2. The molecule has 186 valence electrons. The van der Waals surface area contributed by atoms with Crippen molar-refractivity contribution in [1.29, 1.82) is 0 Å². The summed E-state index contributed by atoms with van der Waals surface area (Å²) >= 11 is 0. The summed E-state index contributed by atoms with van der Waals surface area (Å²) in [5.41, 5.74) is 1.92. The number of carbonyl (C=O) groups is 1. The van der Waals surface area contributed by atoms with E-state index in [0.717, 1.165) is 68.1 Å². The van der Waals surface area contributed by atoms with E-state index < -0.39 is 11.4 Å². The maximum Gasteiger partial charge on any atom is 0.309 e. The van der Waals surface area contributed by atoms with Gasteiger partial charge in [0.2, 0.25) is 0 Å². The average molecular weight is 469 g/mol. The van der Waals surface area contributed by atoms with Gasteiger partial charge in [-0.2, -0.15) is 0 Å². The van der Waals surface area contributed by atoms with Crippen molar-refractivity contribution in [2.45, 2.75) is 110 Å². The minimum Gasteiger partial charge on any atom is -0.504 e. The number of epoxide rings is 1. The van der Waals surface area contributed by atoms with Crippen LogP contribution in [0.1, 0.15) is 96.3 Å². The summed E-state index contributed by atoms with van der Waals surface area (Å²) in [6.45, 7) is 13.5. The van der Waals surface area contributed by atoms with Gasteiger partial charge in [0.05, 0.1) is 11.5 Å². The average Bonchev–Trinajstić information content (AvgIpc) is 3.53. The van der Waals surface area contributed by atoms with E-state index in [4.69, 9.17) is 4.74 Å². The van der Waals surface area contributed by atoms with E-state index >= 15 is 0 Å². The molecule has 0 bridgehead atoms. The molecule has 1 heterocycles. The smallest absolute Gasteiger partial charge is 0.309 e. The first-order chi connectivity index (χ1) is 15.7. The number of fused-ring (bicyclic) bond motifs is 5. The molecule has 1 aromatic carbocycles. The largest absolute Gasteiger partial charge is 0.504 e. The quantitative estimate of drug-likeness (QED) is 0.355. The maximum atomic E-state index is 12.3.